The molecule has 0 aliphatic rings. The number of hydrogen-bond acceptors (Lipinski definition) is 3. The van der Waals surface area contributed by atoms with Crippen molar-refractivity contribution in [3.05, 3.63) is 69.7 Å². The standard InChI is InChI=1S/C17H17NO3/c1-11-7-8-12(2)13(9-11)15(19)10-18-14-5-3-4-6-16(14)21-17(18)20/h3-9,15,19H,10H2,1-2H3. The van der Waals surface area contributed by atoms with Gasteiger partial charge in [-0.3, -0.25) is 4.57 Å². The first kappa shape index (κ1) is 13.6. The highest BCUT2D eigenvalue weighted by Gasteiger charge is 2.16. The van der Waals surface area contributed by atoms with E-state index in [4.69, 9.17) is 4.42 Å². The van der Waals surface area contributed by atoms with E-state index in [-0.39, 0.29) is 6.54 Å². The molecule has 0 radical (unpaired) electrons. The number of aryl methyl sites for hydroxylation is 2. The van der Waals surface area contributed by atoms with Crippen LogP contribution in [0.15, 0.2) is 51.7 Å². The van der Waals surface area contributed by atoms with Crippen LogP contribution in [-0.4, -0.2) is 9.67 Å². The molecule has 108 valence electrons. The van der Waals surface area contributed by atoms with Crippen molar-refractivity contribution in [1.29, 1.82) is 0 Å². The van der Waals surface area contributed by atoms with Crippen molar-refractivity contribution in [1.82, 2.24) is 4.57 Å². The maximum absolute atomic E-state index is 11.9. The third-order valence-corrected chi connectivity index (χ3v) is 3.72. The molecule has 2 aromatic carbocycles. The van der Waals surface area contributed by atoms with Crippen molar-refractivity contribution in [2.75, 3.05) is 0 Å². The number of aliphatic hydroxyl groups is 1. The summed E-state index contributed by atoms with van der Waals surface area (Å²) in [5.74, 6) is -0.444. The molecule has 4 nitrogen and oxygen atoms in total. The molecule has 1 N–H and O–H groups in total. The van der Waals surface area contributed by atoms with E-state index in [9.17, 15) is 9.90 Å². The smallest absolute Gasteiger partial charge is 0.408 e. The van der Waals surface area contributed by atoms with Crippen molar-refractivity contribution in [2.45, 2.75) is 26.5 Å². The predicted octanol–water partition coefficient (Wildman–Crippen LogP) is 2.94. The largest absolute Gasteiger partial charge is 0.420 e. The van der Waals surface area contributed by atoms with Crippen molar-refractivity contribution in [3.8, 4) is 0 Å². The first-order chi connectivity index (χ1) is 10.1. The third kappa shape index (κ3) is 2.50. The average molecular weight is 283 g/mol. The van der Waals surface area contributed by atoms with Gasteiger partial charge in [-0.1, -0.05) is 35.9 Å². The quantitative estimate of drug-likeness (QED) is 0.804. The third-order valence-electron chi connectivity index (χ3n) is 3.72. The summed E-state index contributed by atoms with van der Waals surface area (Å²) in [7, 11) is 0. The van der Waals surface area contributed by atoms with Gasteiger partial charge < -0.3 is 9.52 Å². The Morgan fingerprint density at radius 2 is 1.95 bits per heavy atom. The number of nitrogens with zero attached hydrogens (tertiary/aromatic N) is 1. The molecule has 0 fully saturated rings. The maximum Gasteiger partial charge on any atom is 0.420 e. The number of para-hydroxylation sites is 2. The Kier molecular flexibility index (Phi) is 3.39. The molecule has 1 unspecified atom stereocenters. The lowest BCUT2D eigenvalue weighted by Crippen LogP contribution is -2.19. The summed E-state index contributed by atoms with van der Waals surface area (Å²) < 4.78 is 6.66. The van der Waals surface area contributed by atoms with Gasteiger partial charge in [-0.25, -0.2) is 4.79 Å². The minimum absolute atomic E-state index is 0.181. The summed E-state index contributed by atoms with van der Waals surface area (Å²) in [6.45, 7) is 4.11. The Balaban J connectivity index is 2.00. The molecule has 3 rings (SSSR count). The Hall–Kier alpha value is -2.33. The highest BCUT2D eigenvalue weighted by molar-refractivity contribution is 5.72. The van der Waals surface area contributed by atoms with Crippen LogP contribution < -0.4 is 5.76 Å². The molecule has 0 amide bonds. The fourth-order valence-electron chi connectivity index (χ4n) is 2.58. The fourth-order valence-corrected chi connectivity index (χ4v) is 2.58. The van der Waals surface area contributed by atoms with Gasteiger partial charge in [0.05, 0.1) is 18.2 Å². The van der Waals surface area contributed by atoms with E-state index in [1.807, 2.05) is 50.2 Å². The minimum atomic E-state index is -0.747. The van der Waals surface area contributed by atoms with E-state index < -0.39 is 11.9 Å². The second kappa shape index (κ2) is 5.22. The fraction of sp³-hybridized carbons (Fsp3) is 0.235. The number of benzene rings is 2. The molecule has 1 aromatic heterocycles. The highest BCUT2D eigenvalue weighted by atomic mass is 16.4. The summed E-state index contributed by atoms with van der Waals surface area (Å²) in [5, 5.41) is 10.5. The van der Waals surface area contributed by atoms with Gasteiger partial charge in [0.2, 0.25) is 0 Å². The molecule has 0 saturated carbocycles. The first-order valence-electron chi connectivity index (χ1n) is 6.90. The van der Waals surface area contributed by atoms with E-state index in [2.05, 4.69) is 0 Å². The van der Waals surface area contributed by atoms with Gasteiger partial charge in [0, 0.05) is 0 Å². The topological polar surface area (TPSA) is 55.4 Å². The van der Waals surface area contributed by atoms with Crippen LogP contribution in [0.5, 0.6) is 0 Å². The average Bonchev–Trinajstić information content (AvgIpc) is 2.78. The van der Waals surface area contributed by atoms with E-state index in [0.29, 0.717) is 11.1 Å². The molecule has 0 saturated heterocycles. The van der Waals surface area contributed by atoms with Crippen LogP contribution in [0.4, 0.5) is 0 Å². The van der Waals surface area contributed by atoms with Gasteiger partial charge in [0.1, 0.15) is 0 Å². The molecule has 0 bridgehead atoms. The van der Waals surface area contributed by atoms with E-state index in [0.717, 1.165) is 16.7 Å². The summed E-state index contributed by atoms with van der Waals surface area (Å²) in [4.78, 5) is 11.9. The van der Waals surface area contributed by atoms with Crippen molar-refractivity contribution in [2.24, 2.45) is 0 Å². The molecule has 21 heavy (non-hydrogen) atoms. The summed E-state index contributed by atoms with van der Waals surface area (Å²) in [6.07, 6.45) is -0.747. The van der Waals surface area contributed by atoms with Gasteiger partial charge in [-0.05, 0) is 37.1 Å². The molecule has 0 aliphatic carbocycles. The molecular weight excluding hydrogens is 266 g/mol. The number of hydrogen-bond donors (Lipinski definition) is 1. The van der Waals surface area contributed by atoms with Crippen molar-refractivity contribution in [3.63, 3.8) is 0 Å². The lowest BCUT2D eigenvalue weighted by atomic mass is 10.0. The maximum atomic E-state index is 11.9. The molecule has 1 atom stereocenters. The number of aromatic nitrogens is 1. The molecule has 1 heterocycles. The Morgan fingerprint density at radius 3 is 2.76 bits per heavy atom. The monoisotopic (exact) mass is 283 g/mol. The van der Waals surface area contributed by atoms with E-state index in [1.54, 1.807) is 6.07 Å². The number of aliphatic hydroxyl groups excluding tert-OH is 1. The van der Waals surface area contributed by atoms with Gasteiger partial charge in [-0.2, -0.15) is 0 Å². The van der Waals surface area contributed by atoms with E-state index >= 15 is 0 Å². The predicted molar refractivity (Wildman–Crippen MR) is 81.3 cm³/mol. The highest BCUT2D eigenvalue weighted by Crippen LogP contribution is 2.22. The zero-order valence-electron chi connectivity index (χ0n) is 12.0. The molecule has 3 aromatic rings. The Bertz CT molecular complexity index is 845. The second-order valence-corrected chi connectivity index (χ2v) is 5.32. The van der Waals surface area contributed by atoms with Gasteiger partial charge >= 0.3 is 5.76 Å². The van der Waals surface area contributed by atoms with Crippen LogP contribution in [0.3, 0.4) is 0 Å². The summed E-state index contributed by atoms with van der Waals surface area (Å²) in [5.41, 5.74) is 4.17. The van der Waals surface area contributed by atoms with Gasteiger partial charge in [0.25, 0.3) is 0 Å². The van der Waals surface area contributed by atoms with E-state index in [1.165, 1.54) is 4.57 Å². The zero-order valence-corrected chi connectivity index (χ0v) is 12.0. The molecule has 0 aliphatic heterocycles. The van der Waals surface area contributed by atoms with Crippen LogP contribution in [-0.2, 0) is 6.54 Å². The normalized spacial score (nSPS) is 12.7. The Labute approximate surface area is 122 Å². The lowest BCUT2D eigenvalue weighted by molar-refractivity contribution is 0.154. The Morgan fingerprint density at radius 1 is 1.19 bits per heavy atom. The lowest BCUT2D eigenvalue weighted by Gasteiger charge is -2.15. The van der Waals surface area contributed by atoms with Crippen LogP contribution in [0.25, 0.3) is 11.1 Å². The van der Waals surface area contributed by atoms with Gasteiger partial charge in [0.15, 0.2) is 5.58 Å². The SMILES string of the molecule is Cc1ccc(C)c(C(O)Cn2c(=O)oc3ccccc32)c1. The van der Waals surface area contributed by atoms with Crippen LogP contribution in [0.2, 0.25) is 0 Å². The van der Waals surface area contributed by atoms with Crippen LogP contribution in [0.1, 0.15) is 22.8 Å². The van der Waals surface area contributed by atoms with Crippen molar-refractivity contribution < 1.29 is 9.52 Å². The van der Waals surface area contributed by atoms with Crippen LogP contribution in [0, 0.1) is 13.8 Å². The summed E-state index contributed by atoms with van der Waals surface area (Å²) >= 11 is 0. The number of fused-ring (bicyclic) bond motifs is 1. The molecule has 4 heteroatoms. The number of oxazole rings is 1. The minimum Gasteiger partial charge on any atom is -0.408 e. The first-order valence-corrected chi connectivity index (χ1v) is 6.90. The van der Waals surface area contributed by atoms with Crippen molar-refractivity contribution >= 4 is 11.1 Å². The van der Waals surface area contributed by atoms with Gasteiger partial charge in [-0.15, -0.1) is 0 Å². The second-order valence-electron chi connectivity index (χ2n) is 5.32. The van der Waals surface area contributed by atoms with Crippen LogP contribution >= 0.6 is 0 Å². The molecular formula is C17H17NO3. The summed E-state index contributed by atoms with van der Waals surface area (Å²) in [6, 6.07) is 13.2. The zero-order chi connectivity index (χ0) is 15.0. The number of rotatable bonds is 3. The molecule has 0 spiro atoms.